The van der Waals surface area contributed by atoms with Gasteiger partial charge in [0, 0.05) is 11.1 Å². The van der Waals surface area contributed by atoms with Crippen molar-refractivity contribution in [2.24, 2.45) is 0 Å². The van der Waals surface area contributed by atoms with Crippen LogP contribution in [0.1, 0.15) is 32.6 Å². The molecule has 4 rings (SSSR count). The van der Waals surface area contributed by atoms with Crippen LogP contribution in [-0.4, -0.2) is 19.0 Å². The largest absolute Gasteiger partial charge is 0.377 e. The second-order valence-corrected chi connectivity index (χ2v) is 14.2. The molecule has 2 nitrogen and oxygen atoms in total. The highest BCUT2D eigenvalue weighted by Gasteiger charge is 2.54. The zero-order valence-electron chi connectivity index (χ0n) is 16.9. The van der Waals surface area contributed by atoms with E-state index in [0.717, 1.165) is 22.3 Å². The maximum atomic E-state index is 13.8. The van der Waals surface area contributed by atoms with Gasteiger partial charge < -0.3 is 5.11 Å². The van der Waals surface area contributed by atoms with E-state index >= 15 is 0 Å². The van der Waals surface area contributed by atoms with Gasteiger partial charge in [0.15, 0.2) is 11.4 Å². The Kier molecular flexibility index (Phi) is 4.40. The van der Waals surface area contributed by atoms with Crippen molar-refractivity contribution in [2.75, 3.05) is 0 Å². The summed E-state index contributed by atoms with van der Waals surface area (Å²) in [4.78, 5) is 13.8. The van der Waals surface area contributed by atoms with E-state index in [1.165, 1.54) is 5.56 Å². The molecule has 3 aromatic rings. The summed E-state index contributed by atoms with van der Waals surface area (Å²) in [5.41, 5.74) is 3.60. The monoisotopic (exact) mass is 386 g/mol. The van der Waals surface area contributed by atoms with Crippen molar-refractivity contribution < 1.29 is 9.90 Å². The van der Waals surface area contributed by atoms with Crippen LogP contribution in [0.2, 0.25) is 19.6 Å². The first-order valence-corrected chi connectivity index (χ1v) is 13.3. The smallest absolute Gasteiger partial charge is 0.199 e. The van der Waals surface area contributed by atoms with E-state index in [2.05, 4.69) is 50.8 Å². The summed E-state index contributed by atoms with van der Waals surface area (Å²) >= 11 is 0. The van der Waals surface area contributed by atoms with E-state index in [0.29, 0.717) is 5.56 Å². The van der Waals surface area contributed by atoms with Crippen LogP contribution in [0, 0.1) is 6.92 Å². The molecule has 0 fully saturated rings. The van der Waals surface area contributed by atoms with Crippen LogP contribution in [0.4, 0.5) is 0 Å². The molecule has 2 unspecified atom stereocenters. The maximum Gasteiger partial charge on any atom is 0.199 e. The van der Waals surface area contributed by atoms with E-state index in [-0.39, 0.29) is 11.3 Å². The van der Waals surface area contributed by atoms with E-state index in [4.69, 9.17) is 0 Å². The molecular weight excluding hydrogens is 360 g/mol. The third-order valence-corrected chi connectivity index (χ3v) is 8.32. The summed E-state index contributed by atoms with van der Waals surface area (Å²) in [7, 11) is -2.01. The number of hydrogen-bond acceptors (Lipinski definition) is 2. The highest BCUT2D eigenvalue weighted by Crippen LogP contribution is 2.51. The summed E-state index contributed by atoms with van der Waals surface area (Å²) < 4.78 is 0. The van der Waals surface area contributed by atoms with Crippen LogP contribution in [-0.2, 0) is 5.60 Å². The molecule has 1 aliphatic rings. The normalized spacial score (nSPS) is 19.7. The van der Waals surface area contributed by atoms with Gasteiger partial charge in [-0.05, 0) is 29.2 Å². The molecule has 28 heavy (non-hydrogen) atoms. The third-order valence-electron chi connectivity index (χ3n) is 5.84. The molecule has 142 valence electrons. The summed E-state index contributed by atoms with van der Waals surface area (Å²) in [6.07, 6.45) is 0. The Hall–Kier alpha value is -2.49. The van der Waals surface area contributed by atoms with Crippen molar-refractivity contribution in [3.8, 4) is 11.1 Å². The number of aryl methyl sites for hydroxylation is 1. The van der Waals surface area contributed by atoms with Crippen molar-refractivity contribution in [1.29, 1.82) is 0 Å². The van der Waals surface area contributed by atoms with Crippen LogP contribution in [0.15, 0.2) is 72.8 Å². The van der Waals surface area contributed by atoms with Crippen molar-refractivity contribution >= 4 is 13.9 Å². The molecule has 3 aromatic carbocycles. The molecule has 0 amide bonds. The predicted molar refractivity (Wildman–Crippen MR) is 117 cm³/mol. The number of aliphatic hydroxyl groups is 1. The Morgan fingerprint density at radius 2 is 1.32 bits per heavy atom. The topological polar surface area (TPSA) is 37.3 Å². The fourth-order valence-corrected chi connectivity index (χ4v) is 7.44. The van der Waals surface area contributed by atoms with Crippen molar-refractivity contribution in [2.45, 2.75) is 37.7 Å². The van der Waals surface area contributed by atoms with Gasteiger partial charge in [-0.3, -0.25) is 4.79 Å². The SMILES string of the molecule is Cc1ccc(C(C2(O)C(=O)c3ccccc3-c3ccccc32)[Si](C)(C)C)cc1. The molecule has 1 aliphatic carbocycles. The first-order valence-electron chi connectivity index (χ1n) is 9.77. The van der Waals surface area contributed by atoms with E-state index in [1.807, 2.05) is 48.5 Å². The van der Waals surface area contributed by atoms with Crippen LogP contribution in [0.3, 0.4) is 0 Å². The standard InChI is InChI=1S/C25H26O2Si/c1-17-13-15-18(16-14-17)24(28(2,3)4)25(27)22-12-8-7-10-20(22)19-9-5-6-11-21(19)23(25)26/h5-16,24,27H,1-4H3. The number of benzene rings is 3. The number of Topliss-reactive ketones (excluding diaryl/α,β-unsaturated/α-hetero) is 1. The van der Waals surface area contributed by atoms with E-state index in [1.54, 1.807) is 0 Å². The zero-order valence-corrected chi connectivity index (χ0v) is 17.9. The Bertz CT molecular complexity index is 1050. The molecule has 0 radical (unpaired) electrons. The van der Waals surface area contributed by atoms with Gasteiger partial charge in [0.25, 0.3) is 0 Å². The minimum Gasteiger partial charge on any atom is -0.377 e. The molecule has 0 bridgehead atoms. The molecule has 0 heterocycles. The second kappa shape index (κ2) is 6.54. The van der Waals surface area contributed by atoms with Gasteiger partial charge in [-0.1, -0.05) is 98.0 Å². The average Bonchev–Trinajstić information content (AvgIpc) is 2.67. The Morgan fingerprint density at radius 3 is 1.93 bits per heavy atom. The summed E-state index contributed by atoms with van der Waals surface area (Å²) in [5, 5.41) is 12.2. The molecule has 3 heteroatoms. The highest BCUT2D eigenvalue weighted by atomic mass is 28.3. The molecule has 0 aromatic heterocycles. The number of ketones is 1. The summed E-state index contributed by atoms with van der Waals surface area (Å²) in [6, 6.07) is 23.8. The molecular formula is C25H26O2Si. The fourth-order valence-electron chi connectivity index (χ4n) is 4.71. The van der Waals surface area contributed by atoms with E-state index < -0.39 is 13.7 Å². The Labute approximate surface area is 167 Å². The predicted octanol–water partition coefficient (Wildman–Crippen LogP) is 5.71. The van der Waals surface area contributed by atoms with E-state index in [9.17, 15) is 9.90 Å². The summed E-state index contributed by atoms with van der Waals surface area (Å²) in [6.45, 7) is 8.74. The molecule has 1 N–H and O–H groups in total. The Balaban J connectivity index is 2.03. The number of carbonyl (C=O) groups excluding carboxylic acids is 1. The molecule has 0 saturated heterocycles. The average molecular weight is 387 g/mol. The lowest BCUT2D eigenvalue weighted by Crippen LogP contribution is -2.52. The first kappa shape index (κ1) is 18.9. The van der Waals surface area contributed by atoms with Gasteiger partial charge in [-0.15, -0.1) is 0 Å². The van der Waals surface area contributed by atoms with Crippen molar-refractivity contribution in [1.82, 2.24) is 0 Å². The lowest BCUT2D eigenvalue weighted by molar-refractivity contribution is 0.0248. The quantitative estimate of drug-likeness (QED) is 0.586. The van der Waals surface area contributed by atoms with Gasteiger partial charge in [0.1, 0.15) is 0 Å². The molecule has 0 spiro atoms. The van der Waals surface area contributed by atoms with Crippen molar-refractivity contribution in [3.05, 3.63) is 95.1 Å². The lowest BCUT2D eigenvalue weighted by Gasteiger charge is -2.45. The van der Waals surface area contributed by atoms with Gasteiger partial charge in [0.2, 0.25) is 0 Å². The van der Waals surface area contributed by atoms with Crippen LogP contribution in [0.5, 0.6) is 0 Å². The number of rotatable bonds is 3. The molecule has 2 atom stereocenters. The van der Waals surface area contributed by atoms with Gasteiger partial charge in [0.05, 0.1) is 8.07 Å². The number of carbonyl (C=O) groups is 1. The van der Waals surface area contributed by atoms with Gasteiger partial charge in [-0.25, -0.2) is 0 Å². The maximum absolute atomic E-state index is 13.8. The third kappa shape index (κ3) is 2.77. The number of hydrogen-bond donors (Lipinski definition) is 1. The zero-order chi connectivity index (χ0) is 20.1. The van der Waals surface area contributed by atoms with Gasteiger partial charge >= 0.3 is 0 Å². The minimum absolute atomic E-state index is 0.185. The second-order valence-electron chi connectivity index (χ2n) is 8.90. The Morgan fingerprint density at radius 1 is 0.786 bits per heavy atom. The minimum atomic E-state index is -2.01. The van der Waals surface area contributed by atoms with Crippen molar-refractivity contribution in [3.63, 3.8) is 0 Å². The summed E-state index contributed by atoms with van der Waals surface area (Å²) in [5.74, 6) is -0.185. The molecule has 0 aliphatic heterocycles. The number of fused-ring (bicyclic) bond motifs is 3. The fraction of sp³-hybridized carbons (Fsp3) is 0.240. The first-order chi connectivity index (χ1) is 13.2. The van der Waals surface area contributed by atoms with Crippen LogP contribution >= 0.6 is 0 Å². The van der Waals surface area contributed by atoms with Crippen LogP contribution in [0.25, 0.3) is 11.1 Å². The lowest BCUT2D eigenvalue weighted by atomic mass is 9.71. The highest BCUT2D eigenvalue weighted by molar-refractivity contribution is 6.78. The van der Waals surface area contributed by atoms with Gasteiger partial charge in [-0.2, -0.15) is 0 Å². The molecule has 0 saturated carbocycles. The van der Waals surface area contributed by atoms with Crippen LogP contribution < -0.4 is 0 Å².